The molecule has 2 N–H and O–H groups in total. The molecule has 208 valence electrons. The first-order valence-corrected chi connectivity index (χ1v) is 16.1. The minimum atomic E-state index is -0.0207. The molecule has 2 nitrogen and oxygen atoms in total. The molecule has 0 spiro atoms. The number of rotatable bonds is 18. The Kier molecular flexibility index (Phi) is 14.6. The minimum Gasteiger partial charge on any atom is -0.507 e. The molecule has 37 heavy (non-hydrogen) atoms. The standard InChI is InChI=1S/C34H54O2S/c1-7-10-13-14-15-16-19-37-27(6)22-30(31-23-28(17-11-8-2)20-25(4)33(31)35)32-24-29(18-12-9-3)21-26(5)34(32)36/h20-21,23-24,27,30,35-36H,7-19,22H2,1-6H3. The summed E-state index contributed by atoms with van der Waals surface area (Å²) in [5, 5.41) is 23.0. The van der Waals surface area contributed by atoms with E-state index in [2.05, 4.69) is 63.7 Å². The molecule has 2 aromatic rings. The quantitative estimate of drug-likeness (QED) is 0.190. The van der Waals surface area contributed by atoms with Crippen molar-refractivity contribution in [2.45, 2.75) is 136 Å². The smallest absolute Gasteiger partial charge is 0.122 e. The number of phenolic OH excluding ortho intramolecular Hbond substituents is 2. The summed E-state index contributed by atoms with van der Waals surface area (Å²) >= 11 is 2.05. The zero-order valence-corrected chi connectivity index (χ0v) is 25.5. The van der Waals surface area contributed by atoms with Gasteiger partial charge in [-0.2, -0.15) is 11.8 Å². The Hall–Kier alpha value is -1.61. The van der Waals surface area contributed by atoms with Crippen LogP contribution in [0.4, 0.5) is 0 Å². The SMILES string of the molecule is CCCCCCCCSC(C)CC(c1cc(CCCC)cc(C)c1O)c1cc(CCCC)cc(C)c1O. The highest BCUT2D eigenvalue weighted by atomic mass is 32.2. The van der Waals surface area contributed by atoms with E-state index in [1.165, 1.54) is 55.4 Å². The highest BCUT2D eigenvalue weighted by Gasteiger charge is 2.26. The lowest BCUT2D eigenvalue weighted by Gasteiger charge is -2.26. The molecule has 0 radical (unpaired) electrons. The van der Waals surface area contributed by atoms with E-state index in [4.69, 9.17) is 0 Å². The molecule has 1 atom stereocenters. The van der Waals surface area contributed by atoms with Gasteiger partial charge in [-0.05, 0) is 80.4 Å². The van der Waals surface area contributed by atoms with Gasteiger partial charge in [0, 0.05) is 22.3 Å². The molecule has 0 bridgehead atoms. The lowest BCUT2D eigenvalue weighted by Crippen LogP contribution is -2.11. The molecule has 0 aliphatic carbocycles. The van der Waals surface area contributed by atoms with Gasteiger partial charge in [-0.15, -0.1) is 0 Å². The first kappa shape index (κ1) is 31.6. The summed E-state index contributed by atoms with van der Waals surface area (Å²) in [6.45, 7) is 13.1. The highest BCUT2D eigenvalue weighted by Crippen LogP contribution is 2.43. The van der Waals surface area contributed by atoms with Gasteiger partial charge in [0.2, 0.25) is 0 Å². The number of aromatic hydroxyl groups is 2. The average molecular weight is 527 g/mol. The maximum Gasteiger partial charge on any atom is 0.122 e. The molecule has 0 heterocycles. The number of aryl methyl sites for hydroxylation is 4. The van der Waals surface area contributed by atoms with Gasteiger partial charge in [-0.3, -0.25) is 0 Å². The van der Waals surface area contributed by atoms with E-state index in [0.717, 1.165) is 67.2 Å². The van der Waals surface area contributed by atoms with Gasteiger partial charge in [-0.25, -0.2) is 0 Å². The van der Waals surface area contributed by atoms with Crippen molar-refractivity contribution in [3.05, 3.63) is 57.6 Å². The van der Waals surface area contributed by atoms with Gasteiger partial charge in [-0.1, -0.05) is 96.9 Å². The predicted octanol–water partition coefficient (Wildman–Crippen LogP) is 10.4. The third-order valence-corrected chi connectivity index (χ3v) is 8.92. The van der Waals surface area contributed by atoms with Crippen LogP contribution in [0.1, 0.15) is 138 Å². The molecule has 0 amide bonds. The zero-order valence-electron chi connectivity index (χ0n) is 24.7. The highest BCUT2D eigenvalue weighted by molar-refractivity contribution is 7.99. The summed E-state index contributed by atoms with van der Waals surface area (Å²) in [6.07, 6.45) is 15.5. The van der Waals surface area contributed by atoms with Crippen LogP contribution in [0.25, 0.3) is 0 Å². The molecule has 0 aliphatic rings. The molecule has 0 saturated carbocycles. The lowest BCUT2D eigenvalue weighted by molar-refractivity contribution is 0.446. The molecule has 2 aromatic carbocycles. The maximum atomic E-state index is 11.3. The summed E-state index contributed by atoms with van der Waals surface area (Å²) in [5.41, 5.74) is 6.45. The van der Waals surface area contributed by atoms with Gasteiger partial charge >= 0.3 is 0 Å². The lowest BCUT2D eigenvalue weighted by atomic mass is 9.82. The largest absolute Gasteiger partial charge is 0.507 e. The zero-order chi connectivity index (χ0) is 27.2. The fraction of sp³-hybridized carbons (Fsp3) is 0.647. The summed E-state index contributed by atoms with van der Waals surface area (Å²) in [6, 6.07) is 8.73. The van der Waals surface area contributed by atoms with Crippen molar-refractivity contribution >= 4 is 11.8 Å². The Morgan fingerprint density at radius 1 is 0.649 bits per heavy atom. The van der Waals surface area contributed by atoms with Crippen molar-refractivity contribution in [1.82, 2.24) is 0 Å². The fourth-order valence-corrected chi connectivity index (χ4v) is 6.44. The average Bonchev–Trinajstić information content (AvgIpc) is 2.88. The third kappa shape index (κ3) is 10.2. The van der Waals surface area contributed by atoms with Crippen LogP contribution in [-0.4, -0.2) is 21.2 Å². The van der Waals surface area contributed by atoms with Crippen LogP contribution in [0.2, 0.25) is 0 Å². The molecule has 3 heteroatoms. The molecular weight excluding hydrogens is 472 g/mol. The van der Waals surface area contributed by atoms with E-state index in [-0.39, 0.29) is 5.92 Å². The molecule has 1 unspecified atom stereocenters. The van der Waals surface area contributed by atoms with Crippen LogP contribution in [0, 0.1) is 13.8 Å². The molecule has 0 saturated heterocycles. The van der Waals surface area contributed by atoms with E-state index >= 15 is 0 Å². The van der Waals surface area contributed by atoms with Crippen molar-refractivity contribution in [2.24, 2.45) is 0 Å². The van der Waals surface area contributed by atoms with E-state index in [1.807, 2.05) is 13.8 Å². The Morgan fingerprint density at radius 3 is 1.59 bits per heavy atom. The van der Waals surface area contributed by atoms with Crippen LogP contribution in [0.15, 0.2) is 24.3 Å². The Morgan fingerprint density at radius 2 is 1.11 bits per heavy atom. The van der Waals surface area contributed by atoms with Crippen LogP contribution >= 0.6 is 11.8 Å². The number of phenols is 2. The third-order valence-electron chi connectivity index (χ3n) is 7.64. The second-order valence-electron chi connectivity index (χ2n) is 11.1. The number of thioether (sulfide) groups is 1. The minimum absolute atomic E-state index is 0.0207. The Balaban J connectivity index is 2.36. The maximum absolute atomic E-state index is 11.3. The van der Waals surface area contributed by atoms with Crippen molar-refractivity contribution < 1.29 is 10.2 Å². The summed E-state index contributed by atoms with van der Waals surface area (Å²) in [7, 11) is 0. The van der Waals surface area contributed by atoms with Crippen LogP contribution in [0.3, 0.4) is 0 Å². The van der Waals surface area contributed by atoms with Crippen molar-refractivity contribution in [3.63, 3.8) is 0 Å². The fourth-order valence-electron chi connectivity index (χ4n) is 5.34. The summed E-state index contributed by atoms with van der Waals surface area (Å²) in [5.74, 6) is 1.96. The van der Waals surface area contributed by atoms with Crippen LogP contribution in [0.5, 0.6) is 11.5 Å². The topological polar surface area (TPSA) is 40.5 Å². The molecule has 2 rings (SSSR count). The van der Waals surface area contributed by atoms with Gasteiger partial charge < -0.3 is 10.2 Å². The van der Waals surface area contributed by atoms with Crippen LogP contribution in [-0.2, 0) is 12.8 Å². The second-order valence-corrected chi connectivity index (χ2v) is 12.7. The number of hydrogen-bond donors (Lipinski definition) is 2. The first-order chi connectivity index (χ1) is 17.8. The number of benzene rings is 2. The summed E-state index contributed by atoms with van der Waals surface area (Å²) in [4.78, 5) is 0. The van der Waals surface area contributed by atoms with Crippen molar-refractivity contribution in [1.29, 1.82) is 0 Å². The Labute approximate surface area is 232 Å². The Bertz CT molecular complexity index is 872. The van der Waals surface area contributed by atoms with Gasteiger partial charge in [0.1, 0.15) is 11.5 Å². The molecule has 0 aromatic heterocycles. The second kappa shape index (κ2) is 17.1. The number of unbranched alkanes of at least 4 members (excludes halogenated alkanes) is 7. The molecular formula is C34H54O2S. The van der Waals surface area contributed by atoms with Crippen molar-refractivity contribution in [3.8, 4) is 11.5 Å². The number of hydrogen-bond acceptors (Lipinski definition) is 3. The monoisotopic (exact) mass is 526 g/mol. The molecule has 0 aliphatic heterocycles. The van der Waals surface area contributed by atoms with Crippen LogP contribution < -0.4 is 0 Å². The van der Waals surface area contributed by atoms with Gasteiger partial charge in [0.05, 0.1) is 0 Å². The van der Waals surface area contributed by atoms with Gasteiger partial charge in [0.15, 0.2) is 0 Å². The van der Waals surface area contributed by atoms with E-state index in [0.29, 0.717) is 16.7 Å². The van der Waals surface area contributed by atoms with E-state index in [1.54, 1.807) is 0 Å². The van der Waals surface area contributed by atoms with Gasteiger partial charge in [0.25, 0.3) is 0 Å². The van der Waals surface area contributed by atoms with E-state index in [9.17, 15) is 10.2 Å². The van der Waals surface area contributed by atoms with E-state index < -0.39 is 0 Å². The molecule has 0 fully saturated rings. The summed E-state index contributed by atoms with van der Waals surface area (Å²) < 4.78 is 0. The van der Waals surface area contributed by atoms with Crippen molar-refractivity contribution in [2.75, 3.05) is 5.75 Å². The predicted molar refractivity (Wildman–Crippen MR) is 165 cm³/mol. The first-order valence-electron chi connectivity index (χ1n) is 15.1. The normalized spacial score (nSPS) is 12.4.